The number of hydrogen-bond acceptors (Lipinski definition) is 2. The van der Waals surface area contributed by atoms with Crippen molar-refractivity contribution in [3.05, 3.63) is 10.6 Å². The Morgan fingerprint density at radius 2 is 1.27 bits per heavy atom. The summed E-state index contributed by atoms with van der Waals surface area (Å²) in [7, 11) is 0. The maximum Gasteiger partial charge on any atom is 2.00 e. The molecule has 2 saturated heterocycles. The molecule has 2 heterocycles. The van der Waals surface area contributed by atoms with Crippen LogP contribution in [-0.4, -0.2) is 59.1 Å². The third kappa shape index (κ3) is 18.2. The molecule has 132 valence electrons. The normalized spacial score (nSPS) is 23.5. The summed E-state index contributed by atoms with van der Waals surface area (Å²) in [4.78, 5) is 18.9. The van der Waals surface area contributed by atoms with Crippen LogP contribution in [0.25, 0.3) is 10.6 Å². The number of rotatable bonds is 2. The van der Waals surface area contributed by atoms with Crippen molar-refractivity contribution < 1.29 is 40.9 Å². The molecule has 2 N–H and O–H groups in total. The monoisotopic (exact) mass is 535 g/mol. The van der Waals surface area contributed by atoms with Crippen molar-refractivity contribution in [3.63, 3.8) is 0 Å². The second-order valence-corrected chi connectivity index (χ2v) is 5.94. The van der Waals surface area contributed by atoms with Gasteiger partial charge in [0, 0.05) is 10.8 Å². The third-order valence-electron chi connectivity index (χ3n) is 2.62. The summed E-state index contributed by atoms with van der Waals surface area (Å²) >= 11 is 11.4. The Labute approximate surface area is 155 Å². The van der Waals surface area contributed by atoms with Crippen LogP contribution in [0, 0.1) is 0 Å². The molecule has 0 aromatic rings. The van der Waals surface area contributed by atoms with Crippen LogP contribution in [0.2, 0.25) is 0 Å². The van der Waals surface area contributed by atoms with Gasteiger partial charge in [0.2, 0.25) is 0 Å². The number of aliphatic carboxylic acids is 2. The van der Waals surface area contributed by atoms with Gasteiger partial charge in [0.05, 0.1) is 0 Å². The molecular weight excluding hydrogens is 514 g/mol. The molecule has 0 aromatic carbocycles. The Bertz CT molecular complexity index is 272. The molecule has 0 saturated carbocycles. The molecular formula is C13H22Cl2N2O4Pt. The van der Waals surface area contributed by atoms with Gasteiger partial charge in [0.1, 0.15) is 6.42 Å². The summed E-state index contributed by atoms with van der Waals surface area (Å²) in [5, 5.41) is 24.3. The van der Waals surface area contributed by atoms with Crippen LogP contribution in [0.4, 0.5) is 0 Å². The predicted octanol–water partition coefficient (Wildman–Crippen LogP) is 3.07. The summed E-state index contributed by atoms with van der Waals surface area (Å²) in [6.07, 6.45) is 3.89. The van der Waals surface area contributed by atoms with Crippen LogP contribution in [0.3, 0.4) is 0 Å². The van der Waals surface area contributed by atoms with Crippen LogP contribution >= 0.6 is 23.2 Å². The Morgan fingerprint density at radius 3 is 1.36 bits per heavy atom. The largest absolute Gasteiger partial charge is 2.00 e. The summed E-state index contributed by atoms with van der Waals surface area (Å²) in [6, 6.07) is 0. The third-order valence-corrected chi connectivity index (χ3v) is 3.34. The van der Waals surface area contributed by atoms with E-state index in [1.165, 1.54) is 12.8 Å². The standard InChI is InChI=1S/2C5H9ClN.C3H4O4.Pt/c2*6-5-2-1-3-7-4-5;4-2(5)1-3(6)7;/h2*5H,1-4H2;1H2,(H,4,5)(H,6,7);/q2*-1;;+2. The molecule has 2 aliphatic heterocycles. The zero-order chi connectivity index (χ0) is 16.1. The quantitative estimate of drug-likeness (QED) is 0.419. The fraction of sp³-hybridized carbons (Fsp3) is 0.846. The van der Waals surface area contributed by atoms with Crippen LogP contribution in [0.15, 0.2) is 0 Å². The van der Waals surface area contributed by atoms with E-state index in [-0.39, 0.29) is 21.1 Å². The van der Waals surface area contributed by atoms with Crippen molar-refractivity contribution in [2.45, 2.75) is 42.9 Å². The van der Waals surface area contributed by atoms with Crippen LogP contribution < -0.4 is 0 Å². The first kappa shape index (κ1) is 24.4. The number of alkyl halides is 2. The number of halogens is 2. The van der Waals surface area contributed by atoms with Gasteiger partial charge < -0.3 is 20.8 Å². The van der Waals surface area contributed by atoms with E-state index in [2.05, 4.69) is 10.6 Å². The summed E-state index contributed by atoms with van der Waals surface area (Å²) < 4.78 is 0. The first-order valence-corrected chi connectivity index (χ1v) is 7.77. The molecule has 0 amide bonds. The molecule has 0 aromatic heterocycles. The Balaban J connectivity index is 0. The van der Waals surface area contributed by atoms with Gasteiger partial charge in [-0.05, 0) is 12.8 Å². The van der Waals surface area contributed by atoms with E-state index in [9.17, 15) is 9.59 Å². The predicted molar refractivity (Wildman–Crippen MR) is 83.8 cm³/mol. The Hall–Kier alpha value is 0.128. The van der Waals surface area contributed by atoms with Gasteiger partial charge in [-0.3, -0.25) is 9.59 Å². The number of carboxylic acid groups (broad SMARTS) is 2. The maximum absolute atomic E-state index is 9.43. The van der Waals surface area contributed by atoms with Crippen molar-refractivity contribution in [3.8, 4) is 0 Å². The van der Waals surface area contributed by atoms with E-state index in [0.29, 0.717) is 10.8 Å². The molecule has 2 rings (SSSR count). The fourth-order valence-electron chi connectivity index (χ4n) is 1.62. The molecule has 2 unspecified atom stereocenters. The van der Waals surface area contributed by atoms with Crippen molar-refractivity contribution in [2.24, 2.45) is 0 Å². The van der Waals surface area contributed by atoms with Gasteiger partial charge >= 0.3 is 33.0 Å². The number of nitrogens with zero attached hydrogens (tertiary/aromatic N) is 2. The summed E-state index contributed by atoms with van der Waals surface area (Å²) in [6.45, 7) is 3.82. The second kappa shape index (κ2) is 16.0. The number of piperidine rings is 2. The van der Waals surface area contributed by atoms with E-state index in [1.807, 2.05) is 0 Å². The van der Waals surface area contributed by atoms with Gasteiger partial charge in [-0.25, -0.2) is 0 Å². The fourth-order valence-corrected chi connectivity index (χ4v) is 2.13. The van der Waals surface area contributed by atoms with Crippen LogP contribution in [-0.2, 0) is 30.7 Å². The van der Waals surface area contributed by atoms with Crippen molar-refractivity contribution in [1.82, 2.24) is 0 Å². The smallest absolute Gasteiger partial charge is 0.661 e. The average molecular weight is 536 g/mol. The Morgan fingerprint density at radius 1 is 0.909 bits per heavy atom. The maximum atomic E-state index is 9.43. The van der Waals surface area contributed by atoms with Gasteiger partial charge in [0.25, 0.3) is 0 Å². The van der Waals surface area contributed by atoms with E-state index in [0.717, 1.165) is 39.0 Å². The van der Waals surface area contributed by atoms with Gasteiger partial charge in [-0.2, -0.15) is 0 Å². The zero-order valence-corrected chi connectivity index (χ0v) is 16.0. The minimum atomic E-state index is -1.31. The van der Waals surface area contributed by atoms with E-state index in [4.69, 9.17) is 33.4 Å². The van der Waals surface area contributed by atoms with Crippen molar-refractivity contribution in [1.29, 1.82) is 0 Å². The molecule has 2 fully saturated rings. The number of carboxylic acids is 2. The second-order valence-electron chi connectivity index (χ2n) is 4.70. The molecule has 6 nitrogen and oxygen atoms in total. The van der Waals surface area contributed by atoms with Crippen LogP contribution in [0.5, 0.6) is 0 Å². The molecule has 22 heavy (non-hydrogen) atoms. The molecule has 0 aliphatic carbocycles. The van der Waals surface area contributed by atoms with Crippen molar-refractivity contribution in [2.75, 3.05) is 26.2 Å². The van der Waals surface area contributed by atoms with Crippen LogP contribution in [0.1, 0.15) is 32.1 Å². The minimum Gasteiger partial charge on any atom is -0.661 e. The first-order chi connectivity index (χ1) is 9.91. The van der Waals surface area contributed by atoms with Crippen molar-refractivity contribution >= 4 is 35.1 Å². The molecule has 2 atom stereocenters. The molecule has 0 bridgehead atoms. The van der Waals surface area contributed by atoms with E-state index >= 15 is 0 Å². The first-order valence-electron chi connectivity index (χ1n) is 6.90. The van der Waals surface area contributed by atoms with Gasteiger partial charge in [0.15, 0.2) is 0 Å². The molecule has 0 spiro atoms. The van der Waals surface area contributed by atoms with E-state index < -0.39 is 18.4 Å². The average Bonchev–Trinajstić information content (AvgIpc) is 2.40. The minimum absolute atomic E-state index is 0. The summed E-state index contributed by atoms with van der Waals surface area (Å²) in [5.74, 6) is -2.62. The molecule has 0 radical (unpaired) electrons. The van der Waals surface area contributed by atoms with E-state index in [1.54, 1.807) is 0 Å². The number of hydrogen-bond donors (Lipinski definition) is 2. The van der Waals surface area contributed by atoms with Gasteiger partial charge in [-0.1, -0.05) is 12.8 Å². The number of carbonyl (C=O) groups is 2. The summed E-state index contributed by atoms with van der Waals surface area (Å²) in [5.41, 5.74) is 0. The topological polar surface area (TPSA) is 103 Å². The SMILES string of the molecule is ClC1CCC[N-]C1.ClC1CCC[N-]C1.O=C(O)CC(=O)O.[Pt+2]. The van der Waals surface area contributed by atoms with Gasteiger partial charge in [-0.15, -0.1) is 49.4 Å². The molecule has 2 aliphatic rings. The molecule has 9 heteroatoms. The Kier molecular flexibility index (Phi) is 17.7. The zero-order valence-electron chi connectivity index (χ0n) is 12.2.